The SMILES string of the molecule is Cc1c(NC(=O)NCCCCl)cn2ncc(C#N)c(Nc3ccc(Oc4ccccc4)cc3)c12. The van der Waals surface area contributed by atoms with Gasteiger partial charge >= 0.3 is 6.03 Å². The maximum atomic E-state index is 12.2. The van der Waals surface area contributed by atoms with Crippen LogP contribution in [0.15, 0.2) is 67.0 Å². The van der Waals surface area contributed by atoms with E-state index in [0.29, 0.717) is 47.1 Å². The Morgan fingerprint density at radius 3 is 2.59 bits per heavy atom. The number of nitrogens with one attached hydrogen (secondary N) is 3. The number of nitriles is 1. The molecule has 4 aromatic rings. The quantitative estimate of drug-likeness (QED) is 0.221. The molecule has 3 N–H and O–H groups in total. The summed E-state index contributed by atoms with van der Waals surface area (Å²) in [4.78, 5) is 12.2. The number of carbonyl (C=O) groups is 1. The number of amides is 2. The summed E-state index contributed by atoms with van der Waals surface area (Å²) in [7, 11) is 0. The molecule has 2 aromatic carbocycles. The molecule has 172 valence electrons. The molecule has 0 saturated heterocycles. The Kier molecular flexibility index (Phi) is 7.16. The van der Waals surface area contributed by atoms with Gasteiger partial charge in [-0.05, 0) is 49.7 Å². The van der Waals surface area contributed by atoms with Crippen LogP contribution in [0.1, 0.15) is 17.5 Å². The van der Waals surface area contributed by atoms with E-state index in [-0.39, 0.29) is 6.03 Å². The highest BCUT2D eigenvalue weighted by molar-refractivity contribution is 6.17. The number of nitrogens with zero attached hydrogens (tertiary/aromatic N) is 3. The standard InChI is InChI=1S/C25H23ClN6O2/c1-17-22(31-25(33)28-13-5-12-26)16-32-24(17)23(18(14-27)15-29-32)30-19-8-10-21(11-9-19)34-20-6-3-2-4-7-20/h2-4,6-11,15-16,30H,5,12-13H2,1H3,(H2,28,31,33). The van der Waals surface area contributed by atoms with E-state index in [1.165, 1.54) is 6.20 Å². The number of benzene rings is 2. The van der Waals surface area contributed by atoms with Gasteiger partial charge in [-0.25, -0.2) is 9.31 Å². The highest BCUT2D eigenvalue weighted by Crippen LogP contribution is 2.33. The van der Waals surface area contributed by atoms with Gasteiger partial charge in [0.25, 0.3) is 0 Å². The number of carbonyl (C=O) groups excluding carboxylic acids is 1. The first kappa shape index (κ1) is 23.0. The monoisotopic (exact) mass is 474 g/mol. The van der Waals surface area contributed by atoms with Crippen LogP contribution in [0.25, 0.3) is 5.52 Å². The first-order chi connectivity index (χ1) is 16.6. The predicted octanol–water partition coefficient (Wildman–Crippen LogP) is 5.80. The summed E-state index contributed by atoms with van der Waals surface area (Å²) in [6.45, 7) is 2.35. The zero-order valence-corrected chi connectivity index (χ0v) is 19.3. The van der Waals surface area contributed by atoms with Crippen LogP contribution in [0, 0.1) is 18.3 Å². The number of aromatic nitrogens is 2. The maximum Gasteiger partial charge on any atom is 0.319 e. The van der Waals surface area contributed by atoms with Gasteiger partial charge < -0.3 is 20.7 Å². The number of anilines is 3. The van der Waals surface area contributed by atoms with Crippen molar-refractivity contribution in [1.82, 2.24) is 14.9 Å². The molecule has 0 aliphatic carbocycles. The topological polar surface area (TPSA) is 103 Å². The summed E-state index contributed by atoms with van der Waals surface area (Å²) in [5.74, 6) is 1.93. The Morgan fingerprint density at radius 2 is 1.88 bits per heavy atom. The Labute approximate surface area is 202 Å². The number of aryl methyl sites for hydroxylation is 1. The van der Waals surface area contributed by atoms with Gasteiger partial charge in [-0.1, -0.05) is 18.2 Å². The second-order valence-corrected chi connectivity index (χ2v) is 7.87. The molecule has 0 saturated carbocycles. The number of alkyl halides is 1. The molecule has 2 aromatic heterocycles. The Morgan fingerprint density at radius 1 is 1.15 bits per heavy atom. The minimum atomic E-state index is -0.326. The largest absolute Gasteiger partial charge is 0.457 e. The van der Waals surface area contributed by atoms with E-state index in [4.69, 9.17) is 16.3 Å². The normalized spacial score (nSPS) is 10.5. The summed E-state index contributed by atoms with van der Waals surface area (Å²) in [6, 6.07) is 18.8. The van der Waals surface area contributed by atoms with Crippen molar-refractivity contribution in [3.05, 3.63) is 78.1 Å². The predicted molar refractivity (Wildman–Crippen MR) is 133 cm³/mol. The summed E-state index contributed by atoms with van der Waals surface area (Å²) in [5.41, 5.74) is 3.83. The van der Waals surface area contributed by atoms with Crippen LogP contribution in [-0.2, 0) is 0 Å². The van der Waals surface area contributed by atoms with Gasteiger partial charge in [0.15, 0.2) is 0 Å². The van der Waals surface area contributed by atoms with Crippen molar-refractivity contribution in [3.63, 3.8) is 0 Å². The Hall–Kier alpha value is -4.22. The van der Waals surface area contributed by atoms with Crippen molar-refractivity contribution >= 4 is 40.2 Å². The summed E-state index contributed by atoms with van der Waals surface area (Å²) in [6.07, 6.45) is 3.89. The third-order valence-corrected chi connectivity index (χ3v) is 5.39. The van der Waals surface area contributed by atoms with Crippen LogP contribution in [0.2, 0.25) is 0 Å². The van der Waals surface area contributed by atoms with E-state index in [2.05, 4.69) is 27.1 Å². The maximum absolute atomic E-state index is 12.2. The number of hydrogen-bond acceptors (Lipinski definition) is 5. The van der Waals surface area contributed by atoms with Gasteiger partial charge in [0.05, 0.1) is 34.8 Å². The average Bonchev–Trinajstić information content (AvgIpc) is 3.16. The lowest BCUT2D eigenvalue weighted by molar-refractivity contribution is 0.252. The molecule has 0 bridgehead atoms. The van der Waals surface area contributed by atoms with Gasteiger partial charge in [-0.2, -0.15) is 10.4 Å². The molecule has 9 heteroatoms. The van der Waals surface area contributed by atoms with Crippen LogP contribution in [0.5, 0.6) is 11.5 Å². The fourth-order valence-electron chi connectivity index (χ4n) is 3.44. The molecule has 4 rings (SSSR count). The Balaban J connectivity index is 1.58. The molecule has 2 heterocycles. The second kappa shape index (κ2) is 10.6. The molecule has 0 spiro atoms. The summed E-state index contributed by atoms with van der Waals surface area (Å²) in [5, 5.41) is 22.9. The number of fused-ring (bicyclic) bond motifs is 1. The highest BCUT2D eigenvalue weighted by Gasteiger charge is 2.17. The molecule has 34 heavy (non-hydrogen) atoms. The molecule has 0 aliphatic rings. The van der Waals surface area contributed by atoms with Crippen LogP contribution < -0.4 is 20.7 Å². The number of rotatable bonds is 8. The molecular formula is C25H23ClN6O2. The van der Waals surface area contributed by atoms with Gasteiger partial charge in [0.2, 0.25) is 0 Å². The van der Waals surface area contributed by atoms with Crippen LogP contribution in [0.4, 0.5) is 21.9 Å². The third kappa shape index (κ3) is 5.22. The molecular weight excluding hydrogens is 452 g/mol. The lowest BCUT2D eigenvalue weighted by atomic mass is 10.1. The minimum Gasteiger partial charge on any atom is -0.457 e. The molecule has 0 atom stereocenters. The van der Waals surface area contributed by atoms with Gasteiger partial charge in [-0.3, -0.25) is 0 Å². The van der Waals surface area contributed by atoms with E-state index in [1.807, 2.05) is 61.5 Å². The number of ether oxygens (including phenoxy) is 1. The molecule has 0 fully saturated rings. The second-order valence-electron chi connectivity index (χ2n) is 7.49. The van der Waals surface area contributed by atoms with Crippen LogP contribution in [-0.4, -0.2) is 28.1 Å². The van der Waals surface area contributed by atoms with E-state index in [0.717, 1.165) is 17.0 Å². The molecule has 0 unspecified atom stereocenters. The molecule has 0 radical (unpaired) electrons. The van der Waals surface area contributed by atoms with Gasteiger partial charge in [0.1, 0.15) is 17.6 Å². The van der Waals surface area contributed by atoms with Gasteiger partial charge in [-0.15, -0.1) is 11.6 Å². The highest BCUT2D eigenvalue weighted by atomic mass is 35.5. The van der Waals surface area contributed by atoms with Crippen molar-refractivity contribution < 1.29 is 9.53 Å². The fraction of sp³-hybridized carbons (Fsp3) is 0.160. The van der Waals surface area contributed by atoms with Crippen LogP contribution in [0.3, 0.4) is 0 Å². The summed E-state index contributed by atoms with van der Waals surface area (Å²) >= 11 is 5.66. The number of halogens is 1. The average molecular weight is 475 g/mol. The van der Waals surface area contributed by atoms with E-state index in [1.54, 1.807) is 10.7 Å². The van der Waals surface area contributed by atoms with E-state index >= 15 is 0 Å². The van der Waals surface area contributed by atoms with Crippen molar-refractivity contribution in [2.45, 2.75) is 13.3 Å². The lowest BCUT2D eigenvalue weighted by Gasteiger charge is -2.12. The molecule has 0 aliphatic heterocycles. The number of urea groups is 1. The molecule has 8 nitrogen and oxygen atoms in total. The van der Waals surface area contributed by atoms with Crippen molar-refractivity contribution in [2.75, 3.05) is 23.1 Å². The fourth-order valence-corrected chi connectivity index (χ4v) is 3.57. The Bertz CT molecular complexity index is 1330. The first-order valence-electron chi connectivity index (χ1n) is 10.7. The van der Waals surface area contributed by atoms with Gasteiger partial charge in [0, 0.05) is 23.7 Å². The zero-order valence-electron chi connectivity index (χ0n) is 18.5. The van der Waals surface area contributed by atoms with Crippen molar-refractivity contribution in [2.24, 2.45) is 0 Å². The lowest BCUT2D eigenvalue weighted by Crippen LogP contribution is -2.29. The minimum absolute atomic E-state index is 0.326. The summed E-state index contributed by atoms with van der Waals surface area (Å²) < 4.78 is 7.48. The number of para-hydroxylation sites is 1. The third-order valence-electron chi connectivity index (χ3n) is 5.12. The van der Waals surface area contributed by atoms with Crippen molar-refractivity contribution in [1.29, 1.82) is 5.26 Å². The molecule has 2 amide bonds. The van der Waals surface area contributed by atoms with Crippen molar-refractivity contribution in [3.8, 4) is 17.6 Å². The first-order valence-corrected chi connectivity index (χ1v) is 11.2. The zero-order chi connectivity index (χ0) is 23.9. The number of hydrogen-bond donors (Lipinski definition) is 3. The van der Waals surface area contributed by atoms with E-state index in [9.17, 15) is 10.1 Å². The smallest absolute Gasteiger partial charge is 0.319 e. The van der Waals surface area contributed by atoms with E-state index < -0.39 is 0 Å². The van der Waals surface area contributed by atoms with Crippen LogP contribution >= 0.6 is 11.6 Å².